The molecule has 0 aliphatic carbocycles. The normalized spacial score (nSPS) is 10.6. The number of aryl methyl sites for hydroxylation is 1. The highest BCUT2D eigenvalue weighted by atomic mass is 32.2. The second-order valence-corrected chi connectivity index (χ2v) is 8.81. The predicted molar refractivity (Wildman–Crippen MR) is 139 cm³/mol. The molecule has 0 saturated heterocycles. The number of aromatic nitrogens is 2. The molecule has 2 amide bonds. The molecule has 4 rings (SSSR count). The largest absolute Gasteiger partial charge is 0.495 e. The molecule has 0 radical (unpaired) electrons. The van der Waals surface area contributed by atoms with Crippen LogP contribution < -0.4 is 15.4 Å². The maximum absolute atomic E-state index is 12.6. The Balaban J connectivity index is 1.29. The van der Waals surface area contributed by atoms with Crippen molar-refractivity contribution in [3.63, 3.8) is 0 Å². The third-order valence-electron chi connectivity index (χ3n) is 5.30. The van der Waals surface area contributed by atoms with Crippen molar-refractivity contribution in [2.75, 3.05) is 23.5 Å². The van der Waals surface area contributed by atoms with E-state index < -0.39 is 0 Å². The summed E-state index contributed by atoms with van der Waals surface area (Å²) in [6, 6.07) is 24.1. The van der Waals surface area contributed by atoms with Crippen molar-refractivity contribution < 1.29 is 14.3 Å². The first-order chi connectivity index (χ1) is 17.0. The first kappa shape index (κ1) is 24.1. The number of para-hydroxylation sites is 2. The average molecular weight is 487 g/mol. The van der Waals surface area contributed by atoms with Crippen LogP contribution in [0.25, 0.3) is 0 Å². The summed E-state index contributed by atoms with van der Waals surface area (Å²) in [6.07, 6.45) is 0.743. The number of carbonyl (C=O) groups is 2. The van der Waals surface area contributed by atoms with Crippen molar-refractivity contribution in [1.29, 1.82) is 0 Å². The lowest BCUT2D eigenvalue weighted by Crippen LogP contribution is -2.15. The molecule has 3 aromatic carbocycles. The van der Waals surface area contributed by atoms with E-state index in [1.54, 1.807) is 43.5 Å². The zero-order chi connectivity index (χ0) is 24.6. The maximum Gasteiger partial charge on any atom is 0.255 e. The zero-order valence-corrected chi connectivity index (χ0v) is 20.3. The van der Waals surface area contributed by atoms with E-state index in [1.807, 2.05) is 37.3 Å². The lowest BCUT2D eigenvalue weighted by Gasteiger charge is -2.10. The molecule has 1 aromatic heterocycles. The Morgan fingerprint density at radius 3 is 2.40 bits per heavy atom. The van der Waals surface area contributed by atoms with Gasteiger partial charge in [0, 0.05) is 23.4 Å². The minimum absolute atomic E-state index is 0.153. The number of ether oxygens (including phenoxy) is 1. The van der Waals surface area contributed by atoms with Crippen LogP contribution in [0.3, 0.4) is 0 Å². The van der Waals surface area contributed by atoms with Gasteiger partial charge in [-0.15, -0.1) is 0 Å². The number of nitrogens with zero attached hydrogens (tertiary/aromatic N) is 1. The van der Waals surface area contributed by atoms with Crippen LogP contribution in [-0.2, 0) is 11.2 Å². The maximum atomic E-state index is 12.6. The number of hydrogen-bond donors (Lipinski definition) is 3. The Labute approximate surface area is 208 Å². The molecule has 35 heavy (non-hydrogen) atoms. The fourth-order valence-corrected chi connectivity index (χ4v) is 4.21. The molecule has 3 N–H and O–H groups in total. The molecule has 0 bridgehead atoms. The van der Waals surface area contributed by atoms with Crippen molar-refractivity contribution >= 4 is 35.0 Å². The monoisotopic (exact) mass is 486 g/mol. The lowest BCUT2D eigenvalue weighted by atomic mass is 10.1. The highest BCUT2D eigenvalue weighted by Crippen LogP contribution is 2.24. The summed E-state index contributed by atoms with van der Waals surface area (Å²) >= 11 is 1.35. The van der Waals surface area contributed by atoms with Crippen LogP contribution in [0.5, 0.6) is 5.75 Å². The number of aromatic amines is 1. The van der Waals surface area contributed by atoms with Crippen LogP contribution in [0.2, 0.25) is 0 Å². The molecule has 1 heterocycles. The van der Waals surface area contributed by atoms with Gasteiger partial charge in [-0.3, -0.25) is 9.59 Å². The third kappa shape index (κ3) is 6.51. The number of methoxy groups -OCH3 is 1. The summed E-state index contributed by atoms with van der Waals surface area (Å²) in [4.78, 5) is 32.9. The summed E-state index contributed by atoms with van der Waals surface area (Å²) in [6.45, 7) is 1.99. The summed E-state index contributed by atoms with van der Waals surface area (Å²) in [7, 11) is 1.55. The molecule has 0 aliphatic heterocycles. The van der Waals surface area contributed by atoms with Crippen LogP contribution in [0, 0.1) is 6.92 Å². The molecule has 0 spiro atoms. The molecule has 0 saturated carbocycles. The summed E-state index contributed by atoms with van der Waals surface area (Å²) in [5.41, 5.74) is 4.84. The number of hydrogen-bond acceptors (Lipinski definition) is 5. The fourth-order valence-electron chi connectivity index (χ4n) is 3.47. The Hall–Kier alpha value is -4.04. The predicted octanol–water partition coefficient (Wildman–Crippen LogP) is 5.30. The van der Waals surface area contributed by atoms with Gasteiger partial charge in [0.2, 0.25) is 5.91 Å². The molecule has 4 aromatic rings. The van der Waals surface area contributed by atoms with Gasteiger partial charge in [0.15, 0.2) is 5.16 Å². The quantitative estimate of drug-likeness (QED) is 0.279. The van der Waals surface area contributed by atoms with Crippen LogP contribution in [0.4, 0.5) is 11.4 Å². The number of anilines is 2. The lowest BCUT2D eigenvalue weighted by molar-refractivity contribution is -0.113. The van der Waals surface area contributed by atoms with Crippen LogP contribution in [0.1, 0.15) is 27.3 Å². The van der Waals surface area contributed by atoms with Crippen LogP contribution in [0.15, 0.2) is 84.0 Å². The Morgan fingerprint density at radius 1 is 0.943 bits per heavy atom. The summed E-state index contributed by atoms with van der Waals surface area (Å²) < 4.78 is 5.26. The van der Waals surface area contributed by atoms with Gasteiger partial charge < -0.3 is 20.4 Å². The number of carbonyl (C=O) groups excluding carboxylic acids is 2. The van der Waals surface area contributed by atoms with E-state index in [0.29, 0.717) is 27.8 Å². The molecule has 0 atom stereocenters. The molecule has 178 valence electrons. The molecule has 7 nitrogen and oxygen atoms in total. The highest BCUT2D eigenvalue weighted by molar-refractivity contribution is 7.99. The van der Waals surface area contributed by atoms with Crippen molar-refractivity contribution in [2.45, 2.75) is 18.5 Å². The fraction of sp³-hybridized carbons (Fsp3) is 0.148. The van der Waals surface area contributed by atoms with Crippen molar-refractivity contribution in [2.24, 2.45) is 0 Å². The van der Waals surface area contributed by atoms with Crippen LogP contribution in [-0.4, -0.2) is 34.6 Å². The van der Waals surface area contributed by atoms with Crippen molar-refractivity contribution in [1.82, 2.24) is 9.97 Å². The summed E-state index contributed by atoms with van der Waals surface area (Å²) in [5.74, 6) is 0.386. The second kappa shape index (κ2) is 11.4. The first-order valence-electron chi connectivity index (χ1n) is 11.1. The minimum atomic E-state index is -0.262. The third-order valence-corrected chi connectivity index (χ3v) is 6.18. The number of H-pyrrole nitrogens is 1. The van der Waals surface area contributed by atoms with Gasteiger partial charge in [-0.2, -0.15) is 0 Å². The van der Waals surface area contributed by atoms with E-state index in [2.05, 4.69) is 32.7 Å². The van der Waals surface area contributed by atoms with Gasteiger partial charge in [0.05, 0.1) is 24.2 Å². The topological polar surface area (TPSA) is 96.1 Å². The Kier molecular flexibility index (Phi) is 7.84. The first-order valence-corrected chi connectivity index (χ1v) is 12.1. The molecule has 0 fully saturated rings. The minimum Gasteiger partial charge on any atom is -0.495 e. The number of thioether (sulfide) groups is 1. The van der Waals surface area contributed by atoms with E-state index in [1.165, 1.54) is 17.3 Å². The van der Waals surface area contributed by atoms with E-state index in [4.69, 9.17) is 4.74 Å². The Bertz CT molecular complexity index is 1300. The van der Waals surface area contributed by atoms with Crippen LogP contribution >= 0.6 is 11.8 Å². The second-order valence-electron chi connectivity index (χ2n) is 7.84. The van der Waals surface area contributed by atoms with E-state index in [0.717, 1.165) is 17.8 Å². The average Bonchev–Trinajstić information content (AvgIpc) is 3.23. The van der Waals surface area contributed by atoms with Gasteiger partial charge in [-0.05, 0) is 48.9 Å². The molecule has 0 unspecified atom stereocenters. The van der Waals surface area contributed by atoms with Crippen molar-refractivity contribution in [3.8, 4) is 5.75 Å². The van der Waals surface area contributed by atoms with E-state index in [-0.39, 0.29) is 17.6 Å². The molecule has 8 heteroatoms. The van der Waals surface area contributed by atoms with Gasteiger partial charge >= 0.3 is 0 Å². The number of imidazole rings is 1. The number of nitrogens with one attached hydrogen (secondary N) is 3. The SMILES string of the molecule is COc1ccccc1NC(=O)c1ccc(NC(=O)CSc2nc(Cc3ccccc3)c(C)[nH]2)cc1. The molecular formula is C27H26N4O3S. The number of amides is 2. The van der Waals surface area contributed by atoms with Gasteiger partial charge in [-0.25, -0.2) is 4.98 Å². The van der Waals surface area contributed by atoms with Gasteiger partial charge in [0.1, 0.15) is 5.75 Å². The highest BCUT2D eigenvalue weighted by Gasteiger charge is 2.12. The van der Waals surface area contributed by atoms with E-state index >= 15 is 0 Å². The van der Waals surface area contributed by atoms with Gasteiger partial charge in [0.25, 0.3) is 5.91 Å². The smallest absolute Gasteiger partial charge is 0.255 e. The Morgan fingerprint density at radius 2 is 1.66 bits per heavy atom. The summed E-state index contributed by atoms with van der Waals surface area (Å²) in [5, 5.41) is 6.40. The zero-order valence-electron chi connectivity index (χ0n) is 19.5. The van der Waals surface area contributed by atoms with E-state index in [9.17, 15) is 9.59 Å². The van der Waals surface area contributed by atoms with Crippen molar-refractivity contribution in [3.05, 3.63) is 101 Å². The van der Waals surface area contributed by atoms with Gasteiger partial charge in [-0.1, -0.05) is 54.2 Å². The number of rotatable bonds is 9. The molecular weight excluding hydrogens is 460 g/mol. The standard InChI is InChI=1S/C27H26N4O3S/c1-18-23(16-19-8-4-3-5-9-19)31-27(28-18)35-17-25(32)29-21-14-12-20(13-15-21)26(33)30-22-10-6-7-11-24(22)34-2/h3-15H,16-17H2,1-2H3,(H,28,31)(H,29,32)(H,30,33). The number of benzene rings is 3. The molecule has 0 aliphatic rings.